The highest BCUT2D eigenvalue weighted by atomic mass is 79.9. The number of methoxy groups -OCH3 is 1. The number of ether oxygens (including phenoxy) is 3. The monoisotopic (exact) mass is 696 g/mol. The van der Waals surface area contributed by atoms with Gasteiger partial charge in [0.25, 0.3) is 0 Å². The highest BCUT2D eigenvalue weighted by molar-refractivity contribution is 9.11. The molecule has 4 aliphatic heterocycles. The summed E-state index contributed by atoms with van der Waals surface area (Å²) < 4.78 is 18.4. The highest BCUT2D eigenvalue weighted by Gasteiger charge is 2.45. The van der Waals surface area contributed by atoms with Crippen molar-refractivity contribution in [2.45, 2.75) is 43.5 Å². The number of piperazine rings is 1. The fraction of sp³-hybridized carbons (Fsp3) is 0.559. The van der Waals surface area contributed by atoms with Gasteiger partial charge in [-0.3, -0.25) is 4.90 Å². The topological polar surface area (TPSA) is 103 Å². The summed E-state index contributed by atoms with van der Waals surface area (Å²) in [5.41, 5.74) is 10.1. The third kappa shape index (κ3) is 7.17. The molecular weight excluding hydrogens is 648 g/mol. The zero-order valence-corrected chi connectivity index (χ0v) is 29.2. The van der Waals surface area contributed by atoms with Gasteiger partial charge in [-0.1, -0.05) is 18.2 Å². The Morgan fingerprint density at radius 3 is 2.63 bits per heavy atom. The number of hydrogen-bond donors (Lipinski definition) is 3. The van der Waals surface area contributed by atoms with E-state index in [0.717, 1.165) is 68.3 Å². The molecule has 2 unspecified atom stereocenters. The Kier molecular flexibility index (Phi) is 10.4. The Balaban J connectivity index is 1.24. The van der Waals surface area contributed by atoms with Gasteiger partial charge < -0.3 is 45.3 Å². The quantitative estimate of drug-likeness (QED) is 0.359. The van der Waals surface area contributed by atoms with E-state index in [0.29, 0.717) is 16.5 Å². The van der Waals surface area contributed by atoms with Gasteiger partial charge in [0.2, 0.25) is 5.96 Å². The maximum absolute atomic E-state index is 7.01. The molecule has 12 heteroatoms. The summed E-state index contributed by atoms with van der Waals surface area (Å²) in [6, 6.07) is 12.9. The van der Waals surface area contributed by atoms with Crippen LogP contribution in [0.5, 0.6) is 11.5 Å². The Hall–Kier alpha value is -2.87. The summed E-state index contributed by atoms with van der Waals surface area (Å²) in [5, 5.41) is 6.77. The van der Waals surface area contributed by atoms with E-state index in [2.05, 4.69) is 79.4 Å². The number of nitrogens with one attached hydrogen (secondary N) is 2. The number of guanidine groups is 1. The predicted octanol–water partition coefficient (Wildman–Crippen LogP) is 3.78. The van der Waals surface area contributed by atoms with Gasteiger partial charge in [0, 0.05) is 68.8 Å². The van der Waals surface area contributed by atoms with Crippen molar-refractivity contribution in [3.05, 3.63) is 58.2 Å². The van der Waals surface area contributed by atoms with Crippen LogP contribution >= 0.6 is 15.9 Å². The molecule has 11 nitrogen and oxygen atoms in total. The highest BCUT2D eigenvalue weighted by Crippen LogP contribution is 2.44. The van der Waals surface area contributed by atoms with Crippen LogP contribution in [-0.2, 0) is 11.2 Å². The Bertz CT molecular complexity index is 1420. The minimum atomic E-state index is -1.21. The zero-order valence-electron chi connectivity index (χ0n) is 27.6. The fourth-order valence-corrected chi connectivity index (χ4v) is 7.37. The number of anilines is 2. The van der Waals surface area contributed by atoms with E-state index in [-0.39, 0.29) is 6.79 Å². The molecule has 4 N–H and O–H groups in total. The van der Waals surface area contributed by atoms with Crippen molar-refractivity contribution in [2.75, 3.05) is 91.1 Å². The lowest BCUT2D eigenvalue weighted by Crippen LogP contribution is -2.52. The number of fused-ring (bicyclic) bond motifs is 1. The van der Waals surface area contributed by atoms with E-state index in [4.69, 9.17) is 24.9 Å². The third-order valence-electron chi connectivity index (χ3n) is 9.63. The van der Waals surface area contributed by atoms with Gasteiger partial charge in [0.05, 0.1) is 17.3 Å². The second-order valence-electron chi connectivity index (χ2n) is 13.0. The van der Waals surface area contributed by atoms with Crippen molar-refractivity contribution in [3.63, 3.8) is 0 Å². The second-order valence-corrected chi connectivity index (χ2v) is 13.9. The predicted molar refractivity (Wildman–Crippen MR) is 188 cm³/mol. The molecule has 0 saturated carbocycles. The van der Waals surface area contributed by atoms with E-state index in [9.17, 15) is 0 Å². The molecular formula is C34H49BrN8O3. The fourth-order valence-electron chi connectivity index (χ4n) is 6.96. The van der Waals surface area contributed by atoms with Crippen LogP contribution in [0.2, 0.25) is 0 Å². The number of aliphatic imine (C=N–C) groups is 1. The lowest BCUT2D eigenvalue weighted by Gasteiger charge is -2.43. The molecule has 6 rings (SSSR count). The molecule has 0 spiro atoms. The second kappa shape index (κ2) is 14.5. The molecule has 2 saturated heterocycles. The van der Waals surface area contributed by atoms with Crippen LogP contribution in [0, 0.1) is 0 Å². The lowest BCUT2D eigenvalue weighted by atomic mass is 9.94. The number of rotatable bonds is 9. The summed E-state index contributed by atoms with van der Waals surface area (Å²) in [7, 11) is 8.21. The van der Waals surface area contributed by atoms with Crippen molar-refractivity contribution >= 4 is 33.3 Å². The summed E-state index contributed by atoms with van der Waals surface area (Å²) in [4.78, 5) is 14.9. The van der Waals surface area contributed by atoms with E-state index in [1.165, 1.54) is 37.2 Å². The number of piperidine rings is 1. The number of nitrogens with zero attached hydrogens (tertiary/aromatic N) is 5. The first-order valence-corrected chi connectivity index (χ1v) is 17.2. The van der Waals surface area contributed by atoms with Crippen LogP contribution in [0.3, 0.4) is 0 Å². The van der Waals surface area contributed by atoms with Gasteiger partial charge in [-0.25, -0.2) is 4.99 Å². The molecule has 2 fully saturated rings. The minimum Gasteiger partial charge on any atom is -0.494 e. The van der Waals surface area contributed by atoms with E-state index in [1.54, 1.807) is 7.11 Å². The molecule has 2 aromatic rings. The van der Waals surface area contributed by atoms with Gasteiger partial charge in [0.1, 0.15) is 17.6 Å². The normalized spacial score (nSPS) is 24.5. The molecule has 0 amide bonds. The van der Waals surface area contributed by atoms with Crippen LogP contribution < -0.4 is 30.7 Å². The Labute approximate surface area is 281 Å². The molecule has 2 atom stereocenters. The number of para-hydroxylation sites is 1. The van der Waals surface area contributed by atoms with Crippen molar-refractivity contribution < 1.29 is 14.2 Å². The van der Waals surface area contributed by atoms with Gasteiger partial charge in [-0.05, 0) is 87.0 Å². The van der Waals surface area contributed by atoms with E-state index < -0.39 is 11.8 Å². The maximum atomic E-state index is 7.01. The van der Waals surface area contributed by atoms with Crippen molar-refractivity contribution in [3.8, 4) is 11.5 Å². The molecule has 4 aliphatic rings. The molecule has 0 radical (unpaired) electrons. The smallest absolute Gasteiger partial charge is 0.202 e. The number of nitrogens with two attached hydrogens (primary N) is 1. The Morgan fingerprint density at radius 2 is 1.89 bits per heavy atom. The Morgan fingerprint density at radius 1 is 1.13 bits per heavy atom. The van der Waals surface area contributed by atoms with Gasteiger partial charge in [-0.2, -0.15) is 0 Å². The number of likely N-dealkylation sites (N-methyl/N-ethyl adjacent to an activating group) is 1. The first-order valence-electron chi connectivity index (χ1n) is 16.4. The zero-order chi connectivity index (χ0) is 32.3. The van der Waals surface area contributed by atoms with E-state index >= 15 is 0 Å². The van der Waals surface area contributed by atoms with Crippen LogP contribution in [0.1, 0.15) is 36.5 Å². The van der Waals surface area contributed by atoms with E-state index in [1.807, 2.05) is 30.5 Å². The molecule has 4 heterocycles. The SMILES string of the molecule is COc1cc(N2CCC(N3CCN(C)CC3)CC2)c(CCCN(C)C)cc1NC1=NC(N)(C2OCOc3ccccc32)C(Br)=CN1. The van der Waals surface area contributed by atoms with Crippen LogP contribution in [0.4, 0.5) is 11.4 Å². The third-order valence-corrected chi connectivity index (χ3v) is 10.5. The summed E-state index contributed by atoms with van der Waals surface area (Å²) in [6.45, 7) is 7.88. The molecule has 0 aromatic heterocycles. The molecule has 0 aliphatic carbocycles. The number of halogens is 1. The number of hydrogen-bond acceptors (Lipinski definition) is 11. The lowest BCUT2D eigenvalue weighted by molar-refractivity contribution is -0.0821. The summed E-state index contributed by atoms with van der Waals surface area (Å²) in [5.74, 6) is 2.02. The van der Waals surface area contributed by atoms with Crippen molar-refractivity contribution in [1.29, 1.82) is 0 Å². The summed E-state index contributed by atoms with van der Waals surface area (Å²) in [6.07, 6.45) is 5.66. The van der Waals surface area contributed by atoms with Crippen LogP contribution in [0.15, 0.2) is 52.1 Å². The van der Waals surface area contributed by atoms with Crippen LogP contribution in [0.25, 0.3) is 0 Å². The summed E-state index contributed by atoms with van der Waals surface area (Å²) >= 11 is 3.66. The average Bonchev–Trinajstić information content (AvgIpc) is 3.06. The maximum Gasteiger partial charge on any atom is 0.202 e. The molecule has 2 aromatic carbocycles. The molecule has 250 valence electrons. The standard InChI is InChI=1S/C34H49BrN8O3/c1-40(2)13-7-8-24-20-27(30(44-4)21-28(24)43-14-11-25(12-15-43)42-18-16-41(3)17-19-42)38-33-37-22-31(35)34(36,39-33)32-26-9-5-6-10-29(26)45-23-46-32/h5-6,9-10,20-22,25,32H,7-8,11-19,23,36H2,1-4H3,(H2,37,38,39). The van der Waals surface area contributed by atoms with Crippen LogP contribution in [-0.4, -0.2) is 113 Å². The van der Waals surface area contributed by atoms with Gasteiger partial charge >= 0.3 is 0 Å². The van der Waals surface area contributed by atoms with Gasteiger partial charge in [-0.15, -0.1) is 0 Å². The number of benzene rings is 2. The van der Waals surface area contributed by atoms with Gasteiger partial charge in [0.15, 0.2) is 12.5 Å². The van der Waals surface area contributed by atoms with Crippen molar-refractivity contribution in [2.24, 2.45) is 10.7 Å². The molecule has 0 bridgehead atoms. The average molecular weight is 698 g/mol. The minimum absolute atomic E-state index is 0.102. The first kappa shape index (κ1) is 33.0. The number of aryl methyl sites for hydroxylation is 1. The largest absolute Gasteiger partial charge is 0.494 e. The molecule has 46 heavy (non-hydrogen) atoms. The first-order chi connectivity index (χ1) is 22.2. The van der Waals surface area contributed by atoms with Crippen molar-refractivity contribution in [1.82, 2.24) is 20.0 Å².